The Balaban J connectivity index is 3.24. The molecule has 0 heterocycles. The first-order valence-corrected chi connectivity index (χ1v) is 4.26. The molecule has 0 spiro atoms. The van der Waals surface area contributed by atoms with Crippen LogP contribution in [0.5, 0.6) is 5.75 Å². The van der Waals surface area contributed by atoms with Crippen molar-refractivity contribution in [3.63, 3.8) is 0 Å². The number of hydrogen-bond donors (Lipinski definition) is 2. The van der Waals surface area contributed by atoms with Gasteiger partial charge in [-0.05, 0) is 30.5 Å². The van der Waals surface area contributed by atoms with Crippen molar-refractivity contribution in [1.29, 1.82) is 0 Å². The summed E-state index contributed by atoms with van der Waals surface area (Å²) in [6, 6.07) is 3.16. The number of esters is 1. The first kappa shape index (κ1) is 6.93. The molecule has 2 N–H and O–H groups in total. The largest absolute Gasteiger partial charge is 0.494 e. The molecule has 86 valence electrons. The highest BCUT2D eigenvalue weighted by Gasteiger charge is 2.16. The van der Waals surface area contributed by atoms with Crippen LogP contribution in [0.25, 0.3) is 0 Å². The van der Waals surface area contributed by atoms with Crippen molar-refractivity contribution >= 4 is 18.6 Å². The van der Waals surface area contributed by atoms with Crippen LogP contribution in [0.1, 0.15) is 24.1 Å². The normalized spacial score (nSPS) is 16.1. The van der Waals surface area contributed by atoms with Gasteiger partial charge in [-0.3, -0.25) is 0 Å². The van der Waals surface area contributed by atoms with Crippen molar-refractivity contribution in [2.75, 3.05) is 13.7 Å². The van der Waals surface area contributed by atoms with Gasteiger partial charge in [0.1, 0.15) is 5.75 Å². The van der Waals surface area contributed by atoms with Gasteiger partial charge < -0.3 is 19.5 Å². The van der Waals surface area contributed by atoms with Crippen molar-refractivity contribution in [2.24, 2.45) is 0 Å². The van der Waals surface area contributed by atoms with Crippen molar-refractivity contribution in [3.8, 4) is 5.75 Å². The Labute approximate surface area is 101 Å². The minimum Gasteiger partial charge on any atom is -0.494 e. The van der Waals surface area contributed by atoms with E-state index in [1.165, 1.54) is 0 Å². The Kier molecular flexibility index (Phi) is 2.39. The molecule has 1 aromatic rings. The second kappa shape index (κ2) is 5.53. The zero-order chi connectivity index (χ0) is 16.4. The Bertz CT molecular complexity index is 531. The maximum Gasteiger partial charge on any atom is 0.488 e. The van der Waals surface area contributed by atoms with E-state index in [2.05, 4.69) is 4.74 Å². The van der Waals surface area contributed by atoms with Crippen molar-refractivity contribution in [1.82, 2.24) is 0 Å². The Morgan fingerprint density at radius 1 is 1.56 bits per heavy atom. The average molecular weight is 229 g/mol. The lowest BCUT2D eigenvalue weighted by molar-refractivity contribution is 0.0600. The van der Waals surface area contributed by atoms with Crippen LogP contribution < -0.4 is 10.2 Å². The Hall–Kier alpha value is -1.53. The summed E-state index contributed by atoms with van der Waals surface area (Å²) in [7, 11) is -0.845. The lowest BCUT2D eigenvalue weighted by Crippen LogP contribution is -2.30. The van der Waals surface area contributed by atoms with Crippen molar-refractivity contribution < 1.29 is 31.2 Å². The van der Waals surface area contributed by atoms with Crippen molar-refractivity contribution in [3.05, 3.63) is 23.8 Å². The first-order chi connectivity index (χ1) is 9.48. The molecular formula is C10H13BO5. The standard InChI is InChI=1S/C10H13BO5/c1-3-16-9-5-7(10(12)15-2)4-8(6-9)11(13)14/h4-6,13-14H,3H2,1-2H3/i1D3,3D2. The molecule has 0 atom stereocenters. The first-order valence-electron chi connectivity index (χ1n) is 6.76. The maximum atomic E-state index is 11.5. The number of rotatable bonds is 4. The molecule has 16 heavy (non-hydrogen) atoms. The Morgan fingerprint density at radius 2 is 2.31 bits per heavy atom. The molecule has 0 saturated carbocycles. The number of benzene rings is 1. The Morgan fingerprint density at radius 3 is 2.88 bits per heavy atom. The van der Waals surface area contributed by atoms with Crippen molar-refractivity contribution in [2.45, 2.75) is 6.85 Å². The summed E-state index contributed by atoms with van der Waals surface area (Å²) >= 11 is 0. The van der Waals surface area contributed by atoms with Gasteiger partial charge in [-0.15, -0.1) is 0 Å². The highest BCUT2D eigenvalue weighted by Crippen LogP contribution is 2.13. The predicted octanol–water partition coefficient (Wildman–Crippen LogP) is -0.448. The third-order valence-corrected chi connectivity index (χ3v) is 1.82. The summed E-state index contributed by atoms with van der Waals surface area (Å²) in [6.07, 6.45) is 0. The van der Waals surface area contributed by atoms with E-state index in [9.17, 15) is 4.79 Å². The molecule has 0 unspecified atom stereocenters. The highest BCUT2D eigenvalue weighted by atomic mass is 16.5. The second-order valence-corrected chi connectivity index (χ2v) is 2.86. The minimum absolute atomic E-state index is 0.139. The lowest BCUT2D eigenvalue weighted by Gasteiger charge is -2.08. The molecule has 0 bridgehead atoms. The van der Waals surface area contributed by atoms with E-state index in [1.54, 1.807) is 0 Å². The number of carbonyl (C=O) groups is 1. The fourth-order valence-electron chi connectivity index (χ4n) is 1.12. The quantitative estimate of drug-likeness (QED) is 0.540. The van der Waals surface area contributed by atoms with Crippen LogP contribution in [0.3, 0.4) is 0 Å². The SMILES string of the molecule is [2H]C([2H])([2H])C([2H])([2H])Oc1cc(B(O)O)cc(C(=O)OC)c1. The predicted molar refractivity (Wildman–Crippen MR) is 58.8 cm³/mol. The molecule has 1 rings (SSSR count). The molecule has 0 aromatic heterocycles. The zero-order valence-electron chi connectivity index (χ0n) is 13.4. The summed E-state index contributed by atoms with van der Waals surface area (Å²) in [4.78, 5) is 11.5. The van der Waals surface area contributed by atoms with E-state index in [-0.39, 0.29) is 16.8 Å². The zero-order valence-corrected chi connectivity index (χ0v) is 8.43. The molecule has 0 aliphatic heterocycles. The van der Waals surface area contributed by atoms with Crippen LogP contribution in [0.2, 0.25) is 0 Å². The van der Waals surface area contributed by atoms with Gasteiger partial charge in [-0.25, -0.2) is 4.79 Å². The molecule has 0 aliphatic rings. The van der Waals surface area contributed by atoms with Crippen LogP contribution in [0, 0.1) is 0 Å². The molecule has 0 amide bonds. The van der Waals surface area contributed by atoms with Gasteiger partial charge in [0, 0.05) is 4.11 Å². The minimum atomic E-state index is -3.06. The molecule has 0 fully saturated rings. The van der Waals surface area contributed by atoms with E-state index < -0.39 is 26.5 Å². The summed E-state index contributed by atoms with van der Waals surface area (Å²) in [5.74, 6) is -1.17. The van der Waals surface area contributed by atoms with Crippen LogP contribution in [0.4, 0.5) is 0 Å². The molecule has 0 radical (unpaired) electrons. The number of ether oxygens (including phenoxy) is 2. The molecule has 0 aliphatic carbocycles. The van der Waals surface area contributed by atoms with Gasteiger partial charge in [-0.2, -0.15) is 0 Å². The molecule has 1 aromatic carbocycles. The van der Waals surface area contributed by atoms with E-state index in [0.29, 0.717) is 0 Å². The van der Waals surface area contributed by atoms with Crippen LogP contribution in [-0.2, 0) is 4.74 Å². The van der Waals surface area contributed by atoms with E-state index in [1.807, 2.05) is 0 Å². The van der Waals surface area contributed by atoms with E-state index >= 15 is 0 Å². The fraction of sp³-hybridized carbons (Fsp3) is 0.300. The maximum absolute atomic E-state index is 11.5. The topological polar surface area (TPSA) is 76.0 Å². The molecular weight excluding hydrogens is 211 g/mol. The third-order valence-electron chi connectivity index (χ3n) is 1.82. The third kappa shape index (κ3) is 2.98. The average Bonchev–Trinajstić information content (AvgIpc) is 2.35. The van der Waals surface area contributed by atoms with E-state index in [0.717, 1.165) is 25.3 Å². The van der Waals surface area contributed by atoms with Gasteiger partial charge in [-0.1, -0.05) is 0 Å². The van der Waals surface area contributed by atoms with Crippen LogP contribution in [-0.4, -0.2) is 36.8 Å². The summed E-state index contributed by atoms with van der Waals surface area (Å²) in [5.41, 5.74) is -0.311. The van der Waals surface area contributed by atoms with Crippen LogP contribution in [0.15, 0.2) is 18.2 Å². The van der Waals surface area contributed by atoms with Gasteiger partial charge in [0.15, 0.2) is 0 Å². The fourth-order valence-corrected chi connectivity index (χ4v) is 1.12. The smallest absolute Gasteiger partial charge is 0.488 e. The van der Waals surface area contributed by atoms with Gasteiger partial charge >= 0.3 is 13.1 Å². The van der Waals surface area contributed by atoms with Gasteiger partial charge in [0.05, 0.1) is 22.0 Å². The molecule has 6 heteroatoms. The van der Waals surface area contributed by atoms with Gasteiger partial charge in [0.2, 0.25) is 0 Å². The summed E-state index contributed by atoms with van der Waals surface area (Å²) < 4.78 is 45.0. The molecule has 5 nitrogen and oxygen atoms in total. The highest BCUT2D eigenvalue weighted by molar-refractivity contribution is 6.58. The summed E-state index contributed by atoms with van der Waals surface area (Å²) in [5, 5.41) is 18.3. The second-order valence-electron chi connectivity index (χ2n) is 2.86. The molecule has 0 saturated heterocycles. The van der Waals surface area contributed by atoms with Crippen LogP contribution >= 0.6 is 0 Å². The van der Waals surface area contributed by atoms with E-state index in [4.69, 9.17) is 21.6 Å². The number of methoxy groups -OCH3 is 1. The van der Waals surface area contributed by atoms with Gasteiger partial charge in [0.25, 0.3) is 0 Å². The number of carbonyl (C=O) groups excluding carboxylic acids is 1. The summed E-state index contributed by atoms with van der Waals surface area (Å²) in [6.45, 7) is -6.08. The monoisotopic (exact) mass is 229 g/mol. The lowest BCUT2D eigenvalue weighted by atomic mass is 9.79. The number of hydrogen-bond acceptors (Lipinski definition) is 5.